The van der Waals surface area contributed by atoms with Gasteiger partial charge in [0, 0.05) is 24.5 Å². The van der Waals surface area contributed by atoms with E-state index in [0.29, 0.717) is 5.69 Å². The predicted octanol–water partition coefficient (Wildman–Crippen LogP) is 1.28. The molecule has 3 N–H and O–H groups in total. The molecule has 0 radical (unpaired) electrons. The molecule has 1 atom stereocenters. The van der Waals surface area contributed by atoms with Crippen molar-refractivity contribution in [2.24, 2.45) is 0 Å². The lowest BCUT2D eigenvalue weighted by molar-refractivity contribution is -0.118. The molecule has 29 heavy (non-hydrogen) atoms. The molecule has 0 saturated carbocycles. The number of imide groups is 1. The number of urea groups is 1. The van der Waals surface area contributed by atoms with E-state index in [-0.39, 0.29) is 42.8 Å². The summed E-state index contributed by atoms with van der Waals surface area (Å²) in [7, 11) is -3.81. The van der Waals surface area contributed by atoms with Gasteiger partial charge in [0.1, 0.15) is 25.1 Å². The van der Waals surface area contributed by atoms with Crippen molar-refractivity contribution < 1.29 is 27.1 Å². The van der Waals surface area contributed by atoms with Gasteiger partial charge in [0.15, 0.2) is 0 Å². The van der Waals surface area contributed by atoms with Crippen LogP contribution in [0.25, 0.3) is 0 Å². The molecule has 3 amide bonds. The zero-order valence-corrected chi connectivity index (χ0v) is 16.5. The number of ether oxygens (including phenoxy) is 1. The van der Waals surface area contributed by atoms with Crippen LogP contribution in [-0.4, -0.2) is 49.6 Å². The molecule has 1 unspecified atom stereocenters. The molecule has 1 aliphatic rings. The van der Waals surface area contributed by atoms with Crippen molar-refractivity contribution in [3.05, 3.63) is 47.8 Å². The van der Waals surface area contributed by atoms with Crippen molar-refractivity contribution in [1.29, 1.82) is 0 Å². The predicted molar refractivity (Wildman–Crippen MR) is 101 cm³/mol. The third kappa shape index (κ3) is 5.55. The molecular weight excluding hydrogens is 403 g/mol. The highest BCUT2D eigenvalue weighted by Gasteiger charge is 2.26. The van der Waals surface area contributed by atoms with Crippen LogP contribution in [0.1, 0.15) is 18.2 Å². The van der Waals surface area contributed by atoms with Gasteiger partial charge in [0.2, 0.25) is 15.9 Å². The Hall–Kier alpha value is -2.92. The largest absolute Gasteiger partial charge is 0.491 e. The molecule has 1 aromatic heterocycles. The fourth-order valence-corrected chi connectivity index (χ4v) is 3.76. The third-order valence-electron chi connectivity index (χ3n) is 4.09. The number of H-pyrrole nitrogens is 1. The number of nitrogens with one attached hydrogen (secondary N) is 3. The lowest BCUT2D eigenvalue weighted by atomic mass is 10.3. The van der Waals surface area contributed by atoms with E-state index in [2.05, 4.69) is 15.0 Å². The van der Waals surface area contributed by atoms with Gasteiger partial charge in [-0.1, -0.05) is 6.07 Å². The van der Waals surface area contributed by atoms with Gasteiger partial charge in [-0.3, -0.25) is 10.1 Å². The Kier molecular flexibility index (Phi) is 6.18. The number of aromatic amines is 1. The minimum absolute atomic E-state index is 0.0000587. The number of alkyl halides is 1. The molecule has 2 aromatic rings. The first-order valence-electron chi connectivity index (χ1n) is 8.84. The molecule has 0 spiro atoms. The van der Waals surface area contributed by atoms with Crippen molar-refractivity contribution in [1.82, 2.24) is 19.9 Å². The van der Waals surface area contributed by atoms with Crippen LogP contribution in [0.15, 0.2) is 41.4 Å². The summed E-state index contributed by atoms with van der Waals surface area (Å²) < 4.78 is 45.6. The summed E-state index contributed by atoms with van der Waals surface area (Å²) in [5.74, 6) is -0.0938. The van der Waals surface area contributed by atoms with E-state index in [4.69, 9.17) is 4.74 Å². The van der Waals surface area contributed by atoms with E-state index in [1.54, 1.807) is 18.3 Å². The number of hydrogen-bond donors (Lipinski definition) is 3. The van der Waals surface area contributed by atoms with Crippen LogP contribution < -0.4 is 14.8 Å². The number of sulfonamides is 1. The molecule has 1 fully saturated rings. The number of hydrogen-bond acceptors (Lipinski definition) is 5. The number of rotatable bonds is 9. The molecule has 9 nitrogen and oxygen atoms in total. The molecular formula is C18H21FN4O5S. The van der Waals surface area contributed by atoms with Crippen LogP contribution in [0.5, 0.6) is 5.75 Å². The Morgan fingerprint density at radius 3 is 2.79 bits per heavy atom. The van der Waals surface area contributed by atoms with Crippen LogP contribution in [0.2, 0.25) is 0 Å². The van der Waals surface area contributed by atoms with Gasteiger partial charge in [0.25, 0.3) is 0 Å². The van der Waals surface area contributed by atoms with Gasteiger partial charge in [-0.05, 0) is 30.7 Å². The molecule has 156 valence electrons. The number of nitrogens with zero attached hydrogens (tertiary/aromatic N) is 1. The average Bonchev–Trinajstić information content (AvgIpc) is 3.24. The van der Waals surface area contributed by atoms with Crippen LogP contribution in [-0.2, 0) is 27.9 Å². The molecule has 0 aliphatic carbocycles. The van der Waals surface area contributed by atoms with E-state index in [1.807, 2.05) is 0 Å². The molecule has 1 aromatic carbocycles. The summed E-state index contributed by atoms with van der Waals surface area (Å²) in [6.45, 7) is 1.41. The summed E-state index contributed by atoms with van der Waals surface area (Å²) in [5.41, 5.74) is 1.33. The van der Waals surface area contributed by atoms with Crippen LogP contribution >= 0.6 is 0 Å². The lowest BCUT2D eigenvalue weighted by Gasteiger charge is -2.11. The summed E-state index contributed by atoms with van der Waals surface area (Å²) >= 11 is 0. The normalized spacial score (nSPS) is 15.4. The van der Waals surface area contributed by atoms with E-state index >= 15 is 0 Å². The molecule has 1 aliphatic heterocycles. The maximum Gasteiger partial charge on any atom is 0.324 e. The number of benzene rings is 1. The Morgan fingerprint density at radius 1 is 1.31 bits per heavy atom. The first kappa shape index (κ1) is 20.8. The Bertz CT molecular complexity index is 1010. The van der Waals surface area contributed by atoms with Gasteiger partial charge in [-0.15, -0.1) is 0 Å². The zero-order chi connectivity index (χ0) is 21.0. The van der Waals surface area contributed by atoms with E-state index < -0.39 is 22.2 Å². The van der Waals surface area contributed by atoms with Crippen LogP contribution in [0.3, 0.4) is 0 Å². The monoisotopic (exact) mass is 424 g/mol. The highest BCUT2D eigenvalue weighted by molar-refractivity contribution is 7.89. The van der Waals surface area contributed by atoms with Crippen molar-refractivity contribution in [3.63, 3.8) is 0 Å². The minimum atomic E-state index is -3.81. The Morgan fingerprint density at radius 2 is 2.10 bits per heavy atom. The van der Waals surface area contributed by atoms with Crippen molar-refractivity contribution in [3.8, 4) is 5.75 Å². The first-order valence-corrected chi connectivity index (χ1v) is 10.3. The summed E-state index contributed by atoms with van der Waals surface area (Å²) in [6, 6.07) is 7.06. The molecule has 1 saturated heterocycles. The van der Waals surface area contributed by atoms with Crippen molar-refractivity contribution in [2.45, 2.75) is 31.1 Å². The lowest BCUT2D eigenvalue weighted by Crippen LogP contribution is -2.27. The smallest absolute Gasteiger partial charge is 0.324 e. The first-order chi connectivity index (χ1) is 13.7. The number of carbonyl (C=O) groups is 2. The summed E-state index contributed by atoms with van der Waals surface area (Å²) in [6.07, 6.45) is 0.479. The fraction of sp³-hybridized carbons (Fsp3) is 0.333. The highest BCUT2D eigenvalue weighted by atomic mass is 32.2. The minimum Gasteiger partial charge on any atom is -0.491 e. The number of halogens is 1. The van der Waals surface area contributed by atoms with Gasteiger partial charge in [0.05, 0.1) is 11.4 Å². The standard InChI is InChI=1S/C18H21FN4O5S/c1-12(19)11-28-15-3-2-4-16(6-15)29(26,27)21-8-14-5-13(7-20-14)9-23-10-17(24)22-18(23)25/h2-7,12,20-21H,8-11H2,1H3,(H,22,24,25). The second-order valence-corrected chi connectivity index (χ2v) is 8.40. The number of amides is 3. The third-order valence-corrected chi connectivity index (χ3v) is 5.49. The maximum atomic E-state index is 12.9. The molecule has 2 heterocycles. The Balaban J connectivity index is 1.59. The Labute approximate surface area is 167 Å². The second kappa shape index (κ2) is 8.62. The highest BCUT2D eigenvalue weighted by Crippen LogP contribution is 2.18. The van der Waals surface area contributed by atoms with E-state index in [1.165, 1.54) is 30.0 Å². The number of carbonyl (C=O) groups excluding carboxylic acids is 2. The molecule has 0 bridgehead atoms. The van der Waals surface area contributed by atoms with Crippen molar-refractivity contribution >= 4 is 22.0 Å². The fourth-order valence-electron chi connectivity index (χ4n) is 2.72. The quantitative estimate of drug-likeness (QED) is 0.524. The van der Waals surface area contributed by atoms with Crippen LogP contribution in [0, 0.1) is 0 Å². The average molecular weight is 424 g/mol. The van der Waals surface area contributed by atoms with Gasteiger partial charge in [-0.25, -0.2) is 22.3 Å². The SMILES string of the molecule is CC(F)COc1cccc(S(=O)(=O)NCc2cc(CN3CC(=O)NC3=O)c[nH]2)c1. The maximum absolute atomic E-state index is 12.9. The molecule has 3 rings (SSSR count). The van der Waals surface area contributed by atoms with E-state index in [0.717, 1.165) is 5.56 Å². The van der Waals surface area contributed by atoms with Gasteiger partial charge in [-0.2, -0.15) is 0 Å². The summed E-state index contributed by atoms with van der Waals surface area (Å²) in [5, 5.41) is 2.19. The molecule has 11 heteroatoms. The summed E-state index contributed by atoms with van der Waals surface area (Å²) in [4.78, 5) is 27.1. The second-order valence-electron chi connectivity index (χ2n) is 6.63. The van der Waals surface area contributed by atoms with Crippen LogP contribution in [0.4, 0.5) is 9.18 Å². The van der Waals surface area contributed by atoms with Gasteiger partial charge >= 0.3 is 6.03 Å². The topological polar surface area (TPSA) is 121 Å². The van der Waals surface area contributed by atoms with Gasteiger partial charge < -0.3 is 14.6 Å². The van der Waals surface area contributed by atoms with Crippen molar-refractivity contribution in [2.75, 3.05) is 13.2 Å². The van der Waals surface area contributed by atoms with E-state index in [9.17, 15) is 22.4 Å². The zero-order valence-electron chi connectivity index (χ0n) is 15.6. The number of aromatic nitrogens is 1.